The molecular weight excluding hydrogens is 278 g/mol. The molecule has 0 aliphatic rings. The van der Waals surface area contributed by atoms with E-state index in [1.165, 1.54) is 6.07 Å². The second-order valence-corrected chi connectivity index (χ2v) is 3.99. The van der Waals surface area contributed by atoms with Crippen molar-refractivity contribution in [2.24, 2.45) is 0 Å². The van der Waals surface area contributed by atoms with Crippen molar-refractivity contribution in [2.75, 3.05) is 11.9 Å². The van der Waals surface area contributed by atoms with Crippen LogP contribution in [0.2, 0.25) is 0 Å². The Morgan fingerprint density at radius 3 is 2.88 bits per heavy atom. The molecule has 1 aromatic rings. The van der Waals surface area contributed by atoms with E-state index in [9.17, 15) is 15.2 Å². The molecule has 16 heavy (non-hydrogen) atoms. The first-order valence-corrected chi connectivity index (χ1v) is 5.78. The summed E-state index contributed by atoms with van der Waals surface area (Å²) in [6.07, 6.45) is -0.680. The molecule has 0 aliphatic heterocycles. The normalized spacial score (nSPS) is 12.2. The molecule has 0 radical (unpaired) electrons. The number of nitrogens with zero attached hydrogens (tertiary/aromatic N) is 1. The van der Waals surface area contributed by atoms with Gasteiger partial charge in [0.05, 0.1) is 11.0 Å². The predicted molar refractivity (Wildman–Crippen MR) is 63.1 cm³/mol. The molecule has 1 aromatic carbocycles. The van der Waals surface area contributed by atoms with E-state index >= 15 is 0 Å². The number of aliphatic hydroxyl groups is 1. The quantitative estimate of drug-likeness (QED) is 0.511. The van der Waals surface area contributed by atoms with Crippen molar-refractivity contribution in [3.8, 4) is 5.75 Å². The maximum absolute atomic E-state index is 10.7. The summed E-state index contributed by atoms with van der Waals surface area (Å²) in [7, 11) is 0. The minimum absolute atomic E-state index is 0.0234. The number of hydrogen-bond acceptors (Lipinski definition) is 4. The fraction of sp³-hybridized carbons (Fsp3) is 0.400. The standard InChI is InChI=1S/C10H12BrNO4/c1-7-2-3-9(12(14)15)10(4-7)16-6-8(13)5-11/h2-4,8,13H,5-6H2,1H3. The maximum atomic E-state index is 10.7. The van der Waals surface area contributed by atoms with Crippen molar-refractivity contribution in [1.29, 1.82) is 0 Å². The van der Waals surface area contributed by atoms with E-state index in [0.717, 1.165) is 5.56 Å². The molecule has 0 aliphatic carbocycles. The molecule has 0 amide bonds. The van der Waals surface area contributed by atoms with E-state index in [4.69, 9.17) is 4.74 Å². The fourth-order valence-electron chi connectivity index (χ4n) is 1.12. The fourth-order valence-corrected chi connectivity index (χ4v) is 1.31. The molecule has 0 spiro atoms. The van der Waals surface area contributed by atoms with E-state index in [2.05, 4.69) is 15.9 Å². The average molecular weight is 290 g/mol. The number of hydrogen-bond donors (Lipinski definition) is 1. The lowest BCUT2D eigenvalue weighted by atomic mass is 10.2. The van der Waals surface area contributed by atoms with Gasteiger partial charge in [0.15, 0.2) is 5.75 Å². The van der Waals surface area contributed by atoms with Gasteiger partial charge in [-0.15, -0.1) is 0 Å². The zero-order valence-corrected chi connectivity index (χ0v) is 10.3. The Morgan fingerprint density at radius 1 is 1.62 bits per heavy atom. The Hall–Kier alpha value is -1.14. The van der Waals surface area contributed by atoms with Gasteiger partial charge in [-0.2, -0.15) is 0 Å². The lowest BCUT2D eigenvalue weighted by Crippen LogP contribution is -2.19. The van der Waals surface area contributed by atoms with Crippen LogP contribution in [-0.4, -0.2) is 28.1 Å². The van der Waals surface area contributed by atoms with Crippen LogP contribution in [0.5, 0.6) is 5.75 Å². The lowest BCUT2D eigenvalue weighted by molar-refractivity contribution is -0.385. The van der Waals surface area contributed by atoms with Gasteiger partial charge in [0, 0.05) is 11.4 Å². The van der Waals surface area contributed by atoms with Crippen LogP contribution in [0, 0.1) is 17.0 Å². The Labute approximate surface area is 101 Å². The van der Waals surface area contributed by atoms with Crippen molar-refractivity contribution >= 4 is 21.6 Å². The van der Waals surface area contributed by atoms with Gasteiger partial charge in [0.25, 0.3) is 0 Å². The van der Waals surface area contributed by atoms with Crippen LogP contribution in [0.3, 0.4) is 0 Å². The van der Waals surface area contributed by atoms with Gasteiger partial charge in [0.2, 0.25) is 0 Å². The third kappa shape index (κ3) is 3.46. The first kappa shape index (κ1) is 12.9. The first-order chi connectivity index (χ1) is 7.54. The van der Waals surface area contributed by atoms with Gasteiger partial charge in [-0.3, -0.25) is 10.1 Å². The number of ether oxygens (including phenoxy) is 1. The Bertz CT molecular complexity index is 383. The highest BCUT2D eigenvalue weighted by atomic mass is 79.9. The van der Waals surface area contributed by atoms with E-state index in [1.807, 2.05) is 6.92 Å². The Kier molecular flexibility index (Phi) is 4.70. The number of benzene rings is 1. The maximum Gasteiger partial charge on any atom is 0.310 e. The Morgan fingerprint density at radius 2 is 2.31 bits per heavy atom. The molecule has 5 nitrogen and oxygen atoms in total. The van der Waals surface area contributed by atoms with Crippen molar-refractivity contribution in [3.05, 3.63) is 33.9 Å². The Balaban J connectivity index is 2.84. The third-order valence-electron chi connectivity index (χ3n) is 1.92. The van der Waals surface area contributed by atoms with E-state index in [-0.39, 0.29) is 18.0 Å². The monoisotopic (exact) mass is 289 g/mol. The number of nitro benzene ring substituents is 1. The highest BCUT2D eigenvalue weighted by molar-refractivity contribution is 9.09. The smallest absolute Gasteiger partial charge is 0.310 e. The van der Waals surface area contributed by atoms with Crippen LogP contribution < -0.4 is 4.74 Å². The lowest BCUT2D eigenvalue weighted by Gasteiger charge is -2.10. The molecule has 0 bridgehead atoms. The van der Waals surface area contributed by atoms with Gasteiger partial charge in [-0.25, -0.2) is 0 Å². The van der Waals surface area contributed by atoms with Crippen molar-refractivity contribution in [2.45, 2.75) is 13.0 Å². The van der Waals surface area contributed by atoms with Gasteiger partial charge in [-0.1, -0.05) is 22.0 Å². The van der Waals surface area contributed by atoms with E-state index in [0.29, 0.717) is 5.33 Å². The third-order valence-corrected chi connectivity index (χ3v) is 2.67. The van der Waals surface area contributed by atoms with Gasteiger partial charge in [-0.05, 0) is 18.6 Å². The average Bonchev–Trinajstić information content (AvgIpc) is 2.25. The second-order valence-electron chi connectivity index (χ2n) is 3.35. The number of aryl methyl sites for hydroxylation is 1. The summed E-state index contributed by atoms with van der Waals surface area (Å²) in [6, 6.07) is 4.62. The van der Waals surface area contributed by atoms with E-state index in [1.54, 1.807) is 12.1 Å². The summed E-state index contributed by atoms with van der Waals surface area (Å²) in [5, 5.41) is 20.3. The summed E-state index contributed by atoms with van der Waals surface area (Å²) >= 11 is 3.09. The zero-order chi connectivity index (χ0) is 12.1. The summed E-state index contributed by atoms with van der Waals surface area (Å²) in [5.41, 5.74) is 0.779. The molecule has 0 saturated heterocycles. The molecule has 0 fully saturated rings. The van der Waals surface area contributed by atoms with Crippen molar-refractivity contribution in [1.82, 2.24) is 0 Å². The van der Waals surface area contributed by atoms with Gasteiger partial charge >= 0.3 is 5.69 Å². The number of rotatable bonds is 5. The van der Waals surface area contributed by atoms with Crippen LogP contribution in [0.25, 0.3) is 0 Å². The van der Waals surface area contributed by atoms with Gasteiger partial charge in [0.1, 0.15) is 6.61 Å². The number of alkyl halides is 1. The van der Waals surface area contributed by atoms with Crippen molar-refractivity contribution < 1.29 is 14.8 Å². The van der Waals surface area contributed by atoms with Crippen molar-refractivity contribution in [3.63, 3.8) is 0 Å². The molecule has 1 unspecified atom stereocenters. The largest absolute Gasteiger partial charge is 0.484 e. The minimum Gasteiger partial charge on any atom is -0.484 e. The molecular formula is C10H12BrNO4. The molecule has 1 N–H and O–H groups in total. The highest BCUT2D eigenvalue weighted by Crippen LogP contribution is 2.27. The van der Waals surface area contributed by atoms with Crippen LogP contribution in [-0.2, 0) is 0 Å². The second kappa shape index (κ2) is 5.81. The van der Waals surface area contributed by atoms with Crippen LogP contribution in [0.1, 0.15) is 5.56 Å². The number of halogens is 1. The molecule has 88 valence electrons. The number of nitro groups is 1. The van der Waals surface area contributed by atoms with Crippen LogP contribution in [0.4, 0.5) is 5.69 Å². The van der Waals surface area contributed by atoms with Gasteiger partial charge < -0.3 is 9.84 Å². The molecule has 0 saturated carbocycles. The zero-order valence-electron chi connectivity index (χ0n) is 8.72. The number of aliphatic hydroxyl groups excluding tert-OH is 1. The molecule has 0 aromatic heterocycles. The van der Waals surface area contributed by atoms with Crippen LogP contribution in [0.15, 0.2) is 18.2 Å². The van der Waals surface area contributed by atoms with E-state index < -0.39 is 11.0 Å². The summed E-state index contributed by atoms with van der Waals surface area (Å²) < 4.78 is 5.21. The molecule has 1 atom stereocenters. The SMILES string of the molecule is Cc1ccc([N+](=O)[O-])c(OCC(O)CBr)c1. The topological polar surface area (TPSA) is 72.6 Å². The summed E-state index contributed by atoms with van der Waals surface area (Å²) in [5.74, 6) is 0.185. The molecule has 6 heteroatoms. The summed E-state index contributed by atoms with van der Waals surface area (Å²) in [6.45, 7) is 1.84. The molecule has 0 heterocycles. The first-order valence-electron chi connectivity index (χ1n) is 4.66. The predicted octanol–water partition coefficient (Wildman–Crippen LogP) is 2.04. The molecule has 1 rings (SSSR count). The summed E-state index contributed by atoms with van der Waals surface area (Å²) in [4.78, 5) is 10.2. The minimum atomic E-state index is -0.680. The van der Waals surface area contributed by atoms with Crippen LogP contribution >= 0.6 is 15.9 Å². The highest BCUT2D eigenvalue weighted by Gasteiger charge is 2.15.